The SMILES string of the molecule is CN(C(=O)NC1CCCCC1)C1CCS(=O)CC1. The van der Waals surface area contributed by atoms with Gasteiger partial charge in [-0.3, -0.25) is 4.21 Å². The number of nitrogens with one attached hydrogen (secondary N) is 1. The maximum Gasteiger partial charge on any atom is 0.317 e. The zero-order valence-electron chi connectivity index (χ0n) is 11.2. The van der Waals surface area contributed by atoms with Gasteiger partial charge in [0.05, 0.1) is 0 Å². The molecule has 0 radical (unpaired) electrons. The first kappa shape index (κ1) is 13.8. The number of carbonyl (C=O) groups is 1. The highest BCUT2D eigenvalue weighted by atomic mass is 32.2. The van der Waals surface area contributed by atoms with Gasteiger partial charge in [0, 0.05) is 41.4 Å². The Hall–Kier alpha value is -0.580. The largest absolute Gasteiger partial charge is 0.335 e. The Kier molecular flexibility index (Phi) is 5.03. The molecule has 104 valence electrons. The van der Waals surface area contributed by atoms with Crippen LogP contribution >= 0.6 is 0 Å². The molecule has 0 bridgehead atoms. The van der Waals surface area contributed by atoms with Crippen molar-refractivity contribution in [2.45, 2.75) is 57.0 Å². The molecule has 2 fully saturated rings. The lowest BCUT2D eigenvalue weighted by molar-refractivity contribution is 0.179. The van der Waals surface area contributed by atoms with E-state index < -0.39 is 10.8 Å². The van der Waals surface area contributed by atoms with Crippen LogP contribution in [0.15, 0.2) is 0 Å². The van der Waals surface area contributed by atoms with Crippen LogP contribution in [0, 0.1) is 0 Å². The number of amides is 2. The first-order valence-electron chi connectivity index (χ1n) is 7.05. The average Bonchev–Trinajstić information content (AvgIpc) is 2.40. The molecule has 4 nitrogen and oxygen atoms in total. The molecule has 0 aromatic heterocycles. The maximum atomic E-state index is 12.1. The molecule has 2 amide bonds. The molecule has 5 heteroatoms. The van der Waals surface area contributed by atoms with Crippen LogP contribution in [0.4, 0.5) is 4.79 Å². The zero-order valence-corrected chi connectivity index (χ0v) is 12.0. The summed E-state index contributed by atoms with van der Waals surface area (Å²) in [5.74, 6) is 1.48. The zero-order chi connectivity index (χ0) is 13.0. The molecule has 2 rings (SSSR count). The van der Waals surface area contributed by atoms with Gasteiger partial charge in [-0.25, -0.2) is 4.79 Å². The van der Waals surface area contributed by atoms with Crippen LogP contribution in [0.25, 0.3) is 0 Å². The molecule has 0 aromatic rings. The number of urea groups is 1. The predicted molar refractivity (Wildman–Crippen MR) is 74.1 cm³/mol. The minimum absolute atomic E-state index is 0.0552. The summed E-state index contributed by atoms with van der Waals surface area (Å²) >= 11 is 0. The summed E-state index contributed by atoms with van der Waals surface area (Å²) in [7, 11) is 1.22. The molecule has 1 aliphatic heterocycles. The molecule has 0 unspecified atom stereocenters. The second kappa shape index (κ2) is 6.55. The van der Waals surface area contributed by atoms with Crippen LogP contribution in [0.3, 0.4) is 0 Å². The molecular weight excluding hydrogens is 248 g/mol. The molecule has 1 heterocycles. The normalized spacial score (nSPS) is 29.8. The van der Waals surface area contributed by atoms with E-state index in [2.05, 4.69) is 5.32 Å². The van der Waals surface area contributed by atoms with Crippen molar-refractivity contribution in [3.8, 4) is 0 Å². The third-order valence-corrected chi connectivity index (χ3v) is 5.54. The first-order valence-corrected chi connectivity index (χ1v) is 8.54. The van der Waals surface area contributed by atoms with E-state index in [1.807, 2.05) is 11.9 Å². The van der Waals surface area contributed by atoms with Gasteiger partial charge >= 0.3 is 6.03 Å². The van der Waals surface area contributed by atoms with Crippen molar-refractivity contribution >= 4 is 16.8 Å². The summed E-state index contributed by atoms with van der Waals surface area (Å²) in [5.41, 5.74) is 0. The van der Waals surface area contributed by atoms with E-state index in [-0.39, 0.29) is 12.1 Å². The fraction of sp³-hybridized carbons (Fsp3) is 0.923. The van der Waals surface area contributed by atoms with Gasteiger partial charge in [-0.2, -0.15) is 0 Å². The Bertz CT molecular complexity index is 306. The third-order valence-electron chi connectivity index (χ3n) is 4.16. The second-order valence-electron chi connectivity index (χ2n) is 5.47. The van der Waals surface area contributed by atoms with Gasteiger partial charge in [-0.05, 0) is 25.7 Å². The highest BCUT2D eigenvalue weighted by molar-refractivity contribution is 7.85. The Labute approximate surface area is 112 Å². The highest BCUT2D eigenvalue weighted by Crippen LogP contribution is 2.19. The lowest BCUT2D eigenvalue weighted by Crippen LogP contribution is -2.49. The van der Waals surface area contributed by atoms with E-state index in [9.17, 15) is 9.00 Å². The summed E-state index contributed by atoms with van der Waals surface area (Å²) in [4.78, 5) is 14.0. The molecule has 1 aliphatic carbocycles. The standard InChI is InChI=1S/C13H24N2O2S/c1-15(12-7-9-18(17)10-8-12)13(16)14-11-5-3-2-4-6-11/h11-12H,2-10H2,1H3,(H,14,16). The van der Waals surface area contributed by atoms with Gasteiger partial charge in [0.1, 0.15) is 0 Å². The fourth-order valence-corrected chi connectivity index (χ4v) is 4.13. The van der Waals surface area contributed by atoms with Crippen LogP contribution in [0.1, 0.15) is 44.9 Å². The van der Waals surface area contributed by atoms with Crippen LogP contribution in [-0.2, 0) is 10.8 Å². The van der Waals surface area contributed by atoms with E-state index in [1.54, 1.807) is 0 Å². The van der Waals surface area contributed by atoms with Crippen molar-refractivity contribution in [1.29, 1.82) is 0 Å². The van der Waals surface area contributed by atoms with E-state index in [0.29, 0.717) is 6.04 Å². The molecule has 0 aromatic carbocycles. The van der Waals surface area contributed by atoms with Crippen molar-refractivity contribution in [2.24, 2.45) is 0 Å². The maximum absolute atomic E-state index is 12.1. The van der Waals surface area contributed by atoms with E-state index in [4.69, 9.17) is 0 Å². The summed E-state index contributed by atoms with van der Waals surface area (Å²) in [6, 6.07) is 0.692. The van der Waals surface area contributed by atoms with Gasteiger partial charge < -0.3 is 10.2 Å². The minimum atomic E-state index is -0.655. The summed E-state index contributed by atoms with van der Waals surface area (Å²) in [6.45, 7) is 0. The van der Waals surface area contributed by atoms with Gasteiger partial charge in [-0.1, -0.05) is 19.3 Å². The second-order valence-corrected chi connectivity index (χ2v) is 7.17. The molecule has 0 atom stereocenters. The van der Waals surface area contributed by atoms with Crippen molar-refractivity contribution in [2.75, 3.05) is 18.6 Å². The predicted octanol–water partition coefficient (Wildman–Crippen LogP) is 1.87. The molecule has 1 N–H and O–H groups in total. The highest BCUT2D eigenvalue weighted by Gasteiger charge is 2.26. The fourth-order valence-electron chi connectivity index (χ4n) is 2.86. The van der Waals surface area contributed by atoms with Gasteiger partial charge in [0.15, 0.2) is 0 Å². The Balaban J connectivity index is 1.78. The van der Waals surface area contributed by atoms with Gasteiger partial charge in [0.2, 0.25) is 0 Å². The summed E-state index contributed by atoms with van der Waals surface area (Å²) in [6.07, 6.45) is 7.76. The van der Waals surface area contributed by atoms with Crippen molar-refractivity contribution < 1.29 is 9.00 Å². The average molecular weight is 272 g/mol. The third kappa shape index (κ3) is 3.70. The first-order chi connectivity index (χ1) is 8.66. The van der Waals surface area contributed by atoms with Crippen molar-refractivity contribution in [3.05, 3.63) is 0 Å². The summed E-state index contributed by atoms with van der Waals surface area (Å²) in [5, 5.41) is 3.14. The molecule has 18 heavy (non-hydrogen) atoms. The van der Waals surface area contributed by atoms with Crippen LogP contribution in [0.2, 0.25) is 0 Å². The van der Waals surface area contributed by atoms with E-state index in [0.717, 1.165) is 37.2 Å². The Morgan fingerprint density at radius 3 is 2.33 bits per heavy atom. The quantitative estimate of drug-likeness (QED) is 0.834. The van der Waals surface area contributed by atoms with Crippen molar-refractivity contribution in [3.63, 3.8) is 0 Å². The number of hydrogen-bond donors (Lipinski definition) is 1. The number of nitrogens with zero attached hydrogens (tertiary/aromatic N) is 1. The van der Waals surface area contributed by atoms with Crippen molar-refractivity contribution in [1.82, 2.24) is 10.2 Å². The van der Waals surface area contributed by atoms with Gasteiger partial charge in [0.25, 0.3) is 0 Å². The lowest BCUT2D eigenvalue weighted by Gasteiger charge is -2.33. The number of hydrogen-bond acceptors (Lipinski definition) is 2. The van der Waals surface area contributed by atoms with E-state index >= 15 is 0 Å². The molecule has 1 saturated carbocycles. The minimum Gasteiger partial charge on any atom is -0.335 e. The summed E-state index contributed by atoms with van der Waals surface area (Å²) < 4.78 is 11.3. The molecule has 1 saturated heterocycles. The van der Waals surface area contributed by atoms with Crippen LogP contribution in [0.5, 0.6) is 0 Å². The molecular formula is C13H24N2O2S. The van der Waals surface area contributed by atoms with E-state index in [1.165, 1.54) is 19.3 Å². The smallest absolute Gasteiger partial charge is 0.317 e. The monoisotopic (exact) mass is 272 g/mol. The van der Waals surface area contributed by atoms with Crippen LogP contribution < -0.4 is 5.32 Å². The number of rotatable bonds is 2. The Morgan fingerprint density at radius 2 is 1.72 bits per heavy atom. The van der Waals surface area contributed by atoms with Crippen LogP contribution in [-0.4, -0.2) is 45.8 Å². The lowest BCUT2D eigenvalue weighted by atomic mass is 9.96. The Morgan fingerprint density at radius 1 is 1.11 bits per heavy atom. The van der Waals surface area contributed by atoms with Gasteiger partial charge in [-0.15, -0.1) is 0 Å². The molecule has 2 aliphatic rings. The molecule has 0 spiro atoms. The topological polar surface area (TPSA) is 49.4 Å². The number of carbonyl (C=O) groups excluding carboxylic acids is 1.